The van der Waals surface area contributed by atoms with Crippen molar-refractivity contribution in [1.29, 1.82) is 5.26 Å². The lowest BCUT2D eigenvalue weighted by atomic mass is 10.0. The third-order valence-electron chi connectivity index (χ3n) is 5.32. The summed E-state index contributed by atoms with van der Waals surface area (Å²) in [4.78, 5) is 33.8. The van der Waals surface area contributed by atoms with Crippen LogP contribution >= 0.6 is 11.3 Å². The molecular formula is C23H30N6O2S. The first-order chi connectivity index (χ1) is 15.4. The lowest BCUT2D eigenvalue weighted by Crippen LogP contribution is -2.48. The van der Waals surface area contributed by atoms with E-state index in [1.54, 1.807) is 30.5 Å². The maximum Gasteiger partial charge on any atom is 0.251 e. The predicted octanol–water partition coefficient (Wildman–Crippen LogP) is 2.35. The van der Waals surface area contributed by atoms with Crippen molar-refractivity contribution >= 4 is 28.3 Å². The van der Waals surface area contributed by atoms with Gasteiger partial charge in [-0.2, -0.15) is 5.26 Å². The summed E-state index contributed by atoms with van der Waals surface area (Å²) in [5.41, 5.74) is 2.32. The number of anilines is 1. The highest BCUT2D eigenvalue weighted by Crippen LogP contribution is 2.28. The molecule has 9 heteroatoms. The predicted molar refractivity (Wildman–Crippen MR) is 127 cm³/mol. The van der Waals surface area contributed by atoms with Crippen LogP contribution in [0.25, 0.3) is 11.3 Å². The Balaban J connectivity index is 1.67. The van der Waals surface area contributed by atoms with E-state index in [4.69, 9.17) is 10.2 Å². The average Bonchev–Trinajstić information content (AvgIpc) is 3.29. The number of nitrogens with zero attached hydrogens (tertiary/aromatic N) is 4. The summed E-state index contributed by atoms with van der Waals surface area (Å²) in [7, 11) is 1.57. The maximum absolute atomic E-state index is 12.8. The molecule has 2 heterocycles. The van der Waals surface area contributed by atoms with Gasteiger partial charge in [0.15, 0.2) is 5.13 Å². The minimum atomic E-state index is -0.666. The van der Waals surface area contributed by atoms with Crippen LogP contribution in [0.4, 0.5) is 5.13 Å². The standard InChI is InChI=1S/C23H30N6O2S/c1-16(2)14-19(22(31)28(3)11-8-24)26-21(30)18-6-4-17(5-7-18)20-15-32-23(27-20)29-12-9-25-10-13-29/h4-7,15-16,19,25H,9-14H2,1-3H3,(H,26,30)/t19-/m0/s1. The molecule has 2 N–H and O–H groups in total. The second-order valence-corrected chi connectivity index (χ2v) is 9.17. The number of carbonyl (C=O) groups is 2. The maximum atomic E-state index is 12.8. The summed E-state index contributed by atoms with van der Waals surface area (Å²) in [5, 5.41) is 18.1. The van der Waals surface area contributed by atoms with Gasteiger partial charge in [-0.25, -0.2) is 4.98 Å². The molecule has 0 unspecified atom stereocenters. The van der Waals surface area contributed by atoms with Crippen LogP contribution in [0.1, 0.15) is 30.6 Å². The summed E-state index contributed by atoms with van der Waals surface area (Å²) in [5.74, 6) is -0.342. The first kappa shape index (κ1) is 23.7. The Hall–Kier alpha value is -2.96. The zero-order valence-electron chi connectivity index (χ0n) is 18.8. The minimum Gasteiger partial charge on any atom is -0.346 e. The van der Waals surface area contributed by atoms with Gasteiger partial charge >= 0.3 is 0 Å². The number of amides is 2. The normalized spacial score (nSPS) is 14.7. The monoisotopic (exact) mass is 454 g/mol. The van der Waals surface area contributed by atoms with Crippen molar-refractivity contribution in [2.45, 2.75) is 26.3 Å². The highest BCUT2D eigenvalue weighted by molar-refractivity contribution is 7.14. The number of likely N-dealkylation sites (N-methyl/N-ethyl adjacent to an activating group) is 1. The van der Waals surface area contributed by atoms with Crippen molar-refractivity contribution < 1.29 is 9.59 Å². The van der Waals surface area contributed by atoms with Crippen molar-refractivity contribution in [3.8, 4) is 17.3 Å². The molecule has 2 aromatic rings. The van der Waals surface area contributed by atoms with E-state index in [-0.39, 0.29) is 24.3 Å². The Bertz CT molecular complexity index is 960. The zero-order chi connectivity index (χ0) is 23.1. The molecule has 8 nitrogen and oxygen atoms in total. The number of hydrogen-bond donors (Lipinski definition) is 2. The van der Waals surface area contributed by atoms with Crippen LogP contribution in [0.2, 0.25) is 0 Å². The SMILES string of the molecule is CC(C)C[C@H](NC(=O)c1ccc(-c2csc(N3CCNCC3)n2)cc1)C(=O)N(C)CC#N. The van der Waals surface area contributed by atoms with Gasteiger partial charge in [0.1, 0.15) is 12.6 Å². The van der Waals surface area contributed by atoms with Crippen molar-refractivity contribution in [3.63, 3.8) is 0 Å². The van der Waals surface area contributed by atoms with E-state index in [0.29, 0.717) is 12.0 Å². The Morgan fingerprint density at radius 2 is 1.97 bits per heavy atom. The van der Waals surface area contributed by atoms with Crippen LogP contribution in [0.3, 0.4) is 0 Å². The fourth-order valence-corrected chi connectivity index (χ4v) is 4.46. The molecule has 1 aliphatic rings. The molecule has 1 atom stereocenters. The smallest absolute Gasteiger partial charge is 0.251 e. The third kappa shape index (κ3) is 6.05. The van der Waals surface area contributed by atoms with Crippen molar-refractivity contribution in [2.24, 2.45) is 5.92 Å². The fraction of sp³-hybridized carbons (Fsp3) is 0.478. The summed E-state index contributed by atoms with van der Waals surface area (Å²) in [6.45, 7) is 7.80. The number of nitriles is 1. The van der Waals surface area contributed by atoms with Crippen LogP contribution < -0.4 is 15.5 Å². The number of aromatic nitrogens is 1. The molecule has 1 saturated heterocycles. The Morgan fingerprint density at radius 1 is 1.28 bits per heavy atom. The summed E-state index contributed by atoms with van der Waals surface area (Å²) in [6.07, 6.45) is 0.506. The van der Waals surface area contributed by atoms with Gasteiger partial charge in [-0.15, -0.1) is 11.3 Å². The van der Waals surface area contributed by atoms with E-state index in [9.17, 15) is 9.59 Å². The van der Waals surface area contributed by atoms with Crippen molar-refractivity contribution in [2.75, 3.05) is 44.7 Å². The van der Waals surface area contributed by atoms with E-state index in [0.717, 1.165) is 42.6 Å². The van der Waals surface area contributed by atoms with Crippen LogP contribution in [0.5, 0.6) is 0 Å². The molecule has 0 spiro atoms. The Kier molecular flexibility index (Phi) is 8.20. The van der Waals surface area contributed by atoms with E-state index >= 15 is 0 Å². The van der Waals surface area contributed by atoms with Gasteiger partial charge in [0.05, 0.1) is 11.8 Å². The summed E-state index contributed by atoms with van der Waals surface area (Å²) >= 11 is 1.63. The van der Waals surface area contributed by atoms with Crippen LogP contribution in [0.15, 0.2) is 29.6 Å². The first-order valence-corrected chi connectivity index (χ1v) is 11.7. The molecule has 0 saturated carbocycles. The summed E-state index contributed by atoms with van der Waals surface area (Å²) < 4.78 is 0. The fourth-order valence-electron chi connectivity index (χ4n) is 3.58. The molecule has 1 aromatic heterocycles. The number of nitrogens with one attached hydrogen (secondary N) is 2. The highest BCUT2D eigenvalue weighted by atomic mass is 32.1. The van der Waals surface area contributed by atoms with Crippen LogP contribution in [-0.2, 0) is 4.79 Å². The molecule has 0 radical (unpaired) electrons. The van der Waals surface area contributed by atoms with E-state index in [1.807, 2.05) is 37.4 Å². The third-order valence-corrected chi connectivity index (χ3v) is 6.22. The minimum absolute atomic E-state index is 0.0123. The largest absolute Gasteiger partial charge is 0.346 e. The van der Waals surface area contributed by atoms with Crippen LogP contribution in [0, 0.1) is 17.2 Å². The van der Waals surface area contributed by atoms with Gasteiger partial charge in [0.25, 0.3) is 5.91 Å². The molecule has 2 amide bonds. The van der Waals surface area contributed by atoms with E-state index < -0.39 is 6.04 Å². The number of hydrogen-bond acceptors (Lipinski definition) is 7. The van der Waals surface area contributed by atoms with Crippen molar-refractivity contribution in [1.82, 2.24) is 20.5 Å². The van der Waals surface area contributed by atoms with Gasteiger partial charge in [-0.1, -0.05) is 26.0 Å². The molecular weight excluding hydrogens is 424 g/mol. The Morgan fingerprint density at radius 3 is 2.59 bits per heavy atom. The molecule has 1 fully saturated rings. The molecule has 1 aliphatic heterocycles. The molecule has 1 aromatic carbocycles. The second kappa shape index (κ2) is 11.1. The van der Waals surface area contributed by atoms with E-state index in [2.05, 4.69) is 15.5 Å². The molecule has 0 bridgehead atoms. The quantitative estimate of drug-likeness (QED) is 0.594. The van der Waals surface area contributed by atoms with E-state index in [1.165, 1.54) is 4.90 Å². The number of benzene rings is 1. The number of carbonyl (C=O) groups excluding carboxylic acids is 2. The van der Waals surface area contributed by atoms with Gasteiger partial charge in [-0.05, 0) is 24.5 Å². The molecule has 32 heavy (non-hydrogen) atoms. The number of piperazine rings is 1. The molecule has 3 rings (SSSR count). The first-order valence-electron chi connectivity index (χ1n) is 10.8. The second-order valence-electron chi connectivity index (χ2n) is 8.34. The lowest BCUT2D eigenvalue weighted by molar-refractivity contribution is -0.131. The van der Waals surface area contributed by atoms with Gasteiger partial charge in [0.2, 0.25) is 5.91 Å². The topological polar surface area (TPSA) is 101 Å². The van der Waals surface area contributed by atoms with Gasteiger partial charge in [0, 0.05) is 49.7 Å². The Labute approximate surface area is 193 Å². The molecule has 0 aliphatic carbocycles. The zero-order valence-corrected chi connectivity index (χ0v) is 19.6. The molecule has 170 valence electrons. The number of rotatable bonds is 8. The lowest BCUT2D eigenvalue weighted by Gasteiger charge is -2.26. The number of thiazole rings is 1. The van der Waals surface area contributed by atoms with Gasteiger partial charge < -0.3 is 20.4 Å². The highest BCUT2D eigenvalue weighted by Gasteiger charge is 2.25. The average molecular weight is 455 g/mol. The van der Waals surface area contributed by atoms with Crippen molar-refractivity contribution in [3.05, 3.63) is 35.2 Å². The summed E-state index contributed by atoms with van der Waals surface area (Å²) in [6, 6.07) is 8.57. The van der Waals surface area contributed by atoms with Gasteiger partial charge in [-0.3, -0.25) is 9.59 Å². The van der Waals surface area contributed by atoms with Crippen LogP contribution in [-0.4, -0.2) is 67.5 Å².